The van der Waals surface area contributed by atoms with Gasteiger partial charge in [0.05, 0.1) is 5.92 Å². The van der Waals surface area contributed by atoms with Gasteiger partial charge in [0.25, 0.3) is 0 Å². The summed E-state index contributed by atoms with van der Waals surface area (Å²) in [6, 6.07) is 9.01. The predicted octanol–water partition coefficient (Wildman–Crippen LogP) is 4.57. The first-order chi connectivity index (χ1) is 11.0. The zero-order valence-electron chi connectivity index (χ0n) is 15.8. The van der Waals surface area contributed by atoms with Crippen molar-refractivity contribution in [3.63, 3.8) is 0 Å². The number of ether oxygens (including phenoxy) is 1. The van der Waals surface area contributed by atoms with Gasteiger partial charge in [-0.15, -0.1) is 0 Å². The van der Waals surface area contributed by atoms with Crippen LogP contribution in [0.1, 0.15) is 66.4 Å². The van der Waals surface area contributed by atoms with Gasteiger partial charge in [-0.2, -0.15) is 0 Å². The zero-order chi connectivity index (χ0) is 19.0. The van der Waals surface area contributed by atoms with Gasteiger partial charge in [0, 0.05) is 5.54 Å². The van der Waals surface area contributed by atoms with E-state index >= 15 is 0 Å². The average Bonchev–Trinajstić information content (AvgIpc) is 2.45. The molecule has 5 nitrogen and oxygen atoms in total. The second-order valence-corrected chi connectivity index (χ2v) is 7.02. The molecule has 0 heterocycles. The minimum Gasteiger partial charge on any atom is -0.481 e. The molecule has 0 aliphatic heterocycles. The van der Waals surface area contributed by atoms with E-state index in [0.29, 0.717) is 5.56 Å². The molecule has 1 aromatic carbocycles. The maximum absolute atomic E-state index is 11.9. The third kappa shape index (κ3) is 8.56. The number of rotatable bonds is 5. The SMILES string of the molecule is CC.CC(C)(CC(C(=O)O)c1ccccc1)NC(=O)OC(C)(C)C. The Labute approximate surface area is 145 Å². The van der Waals surface area contributed by atoms with Crippen LogP contribution in [0.3, 0.4) is 0 Å². The highest BCUT2D eigenvalue weighted by Gasteiger charge is 2.31. The first-order valence-electron chi connectivity index (χ1n) is 8.29. The number of alkyl carbamates (subject to hydrolysis) is 1. The van der Waals surface area contributed by atoms with E-state index in [9.17, 15) is 14.7 Å². The Hall–Kier alpha value is -2.04. The highest BCUT2D eigenvalue weighted by molar-refractivity contribution is 5.76. The van der Waals surface area contributed by atoms with E-state index in [-0.39, 0.29) is 6.42 Å². The smallest absolute Gasteiger partial charge is 0.408 e. The van der Waals surface area contributed by atoms with Crippen LogP contribution in [0.25, 0.3) is 0 Å². The molecule has 1 unspecified atom stereocenters. The van der Waals surface area contributed by atoms with Crippen LogP contribution in [-0.2, 0) is 9.53 Å². The molecular formula is C19H31NO4. The van der Waals surface area contributed by atoms with Crippen molar-refractivity contribution >= 4 is 12.1 Å². The second kappa shape index (κ2) is 9.30. The summed E-state index contributed by atoms with van der Waals surface area (Å²) in [6.45, 7) is 12.9. The first-order valence-corrected chi connectivity index (χ1v) is 8.29. The summed E-state index contributed by atoms with van der Waals surface area (Å²) in [5.74, 6) is -1.60. The van der Waals surface area contributed by atoms with Gasteiger partial charge in [-0.1, -0.05) is 44.2 Å². The van der Waals surface area contributed by atoms with Crippen molar-refractivity contribution in [1.82, 2.24) is 5.32 Å². The van der Waals surface area contributed by atoms with E-state index in [0.717, 1.165) is 0 Å². The molecule has 2 N–H and O–H groups in total. The van der Waals surface area contributed by atoms with Gasteiger partial charge in [0.1, 0.15) is 5.60 Å². The monoisotopic (exact) mass is 337 g/mol. The van der Waals surface area contributed by atoms with E-state index in [2.05, 4.69) is 5.32 Å². The maximum Gasteiger partial charge on any atom is 0.408 e. The summed E-state index contributed by atoms with van der Waals surface area (Å²) >= 11 is 0. The second-order valence-electron chi connectivity index (χ2n) is 7.02. The van der Waals surface area contributed by atoms with E-state index in [1.165, 1.54) is 0 Å². The predicted molar refractivity (Wildman–Crippen MR) is 96.2 cm³/mol. The molecule has 0 radical (unpaired) electrons. The van der Waals surface area contributed by atoms with Crippen molar-refractivity contribution in [2.75, 3.05) is 0 Å². The molecule has 0 aliphatic carbocycles. The van der Waals surface area contributed by atoms with Gasteiger partial charge in [-0.25, -0.2) is 4.79 Å². The number of nitrogens with one attached hydrogen (secondary N) is 1. The van der Waals surface area contributed by atoms with Gasteiger partial charge in [0.2, 0.25) is 0 Å². The number of carboxylic acids is 1. The molecule has 24 heavy (non-hydrogen) atoms. The van der Waals surface area contributed by atoms with Crippen molar-refractivity contribution in [2.45, 2.75) is 71.9 Å². The number of hydrogen-bond donors (Lipinski definition) is 2. The zero-order valence-corrected chi connectivity index (χ0v) is 15.8. The topological polar surface area (TPSA) is 75.6 Å². The van der Waals surface area contributed by atoms with Gasteiger partial charge in [0.15, 0.2) is 0 Å². The van der Waals surface area contributed by atoms with Gasteiger partial charge >= 0.3 is 12.1 Å². The summed E-state index contributed by atoms with van der Waals surface area (Å²) in [5.41, 5.74) is -0.582. The van der Waals surface area contributed by atoms with E-state index in [1.54, 1.807) is 58.9 Å². The number of aliphatic carboxylic acids is 1. The molecule has 1 amide bonds. The summed E-state index contributed by atoms with van der Waals surface area (Å²) in [4.78, 5) is 23.4. The van der Waals surface area contributed by atoms with Crippen molar-refractivity contribution in [3.8, 4) is 0 Å². The average molecular weight is 337 g/mol. The Bertz CT molecular complexity index is 518. The molecule has 0 saturated heterocycles. The molecule has 5 heteroatoms. The first kappa shape index (κ1) is 22.0. The van der Waals surface area contributed by atoms with Crippen LogP contribution in [0.4, 0.5) is 4.79 Å². The lowest BCUT2D eigenvalue weighted by Gasteiger charge is -2.30. The highest BCUT2D eigenvalue weighted by Crippen LogP contribution is 2.26. The lowest BCUT2D eigenvalue weighted by atomic mass is 9.86. The van der Waals surface area contributed by atoms with E-state index < -0.39 is 29.1 Å². The maximum atomic E-state index is 11.9. The summed E-state index contributed by atoms with van der Waals surface area (Å²) < 4.78 is 5.22. The fraction of sp³-hybridized carbons (Fsp3) is 0.579. The van der Waals surface area contributed by atoms with Crippen LogP contribution in [-0.4, -0.2) is 28.3 Å². The molecule has 0 saturated carbocycles. The van der Waals surface area contributed by atoms with Crippen LogP contribution in [0.15, 0.2) is 30.3 Å². The number of carboxylic acid groups (broad SMARTS) is 1. The molecule has 1 atom stereocenters. The van der Waals surface area contributed by atoms with Gasteiger partial charge in [-0.05, 0) is 46.6 Å². The third-order valence-corrected chi connectivity index (χ3v) is 3.05. The molecule has 0 bridgehead atoms. The number of amides is 1. The van der Waals surface area contributed by atoms with E-state index in [1.807, 2.05) is 19.9 Å². The normalized spacial score (nSPS) is 12.5. The Morgan fingerprint density at radius 1 is 1.08 bits per heavy atom. The van der Waals surface area contributed by atoms with Gasteiger partial charge < -0.3 is 15.2 Å². The summed E-state index contributed by atoms with van der Waals surface area (Å²) in [5, 5.41) is 12.2. The minimum atomic E-state index is -0.912. The fourth-order valence-electron chi connectivity index (χ4n) is 2.17. The van der Waals surface area contributed by atoms with Gasteiger partial charge in [-0.3, -0.25) is 4.79 Å². The lowest BCUT2D eigenvalue weighted by molar-refractivity contribution is -0.139. The molecule has 1 rings (SSSR count). The number of benzene rings is 1. The molecular weight excluding hydrogens is 306 g/mol. The molecule has 0 spiro atoms. The number of carbonyl (C=O) groups excluding carboxylic acids is 1. The Balaban J connectivity index is 0.00000254. The lowest BCUT2D eigenvalue weighted by Crippen LogP contribution is -2.47. The van der Waals surface area contributed by atoms with Crippen molar-refractivity contribution in [1.29, 1.82) is 0 Å². The van der Waals surface area contributed by atoms with Crippen molar-refractivity contribution in [2.24, 2.45) is 0 Å². The van der Waals surface area contributed by atoms with Crippen molar-refractivity contribution < 1.29 is 19.4 Å². The molecule has 0 fully saturated rings. The summed E-state index contributed by atoms with van der Waals surface area (Å²) in [7, 11) is 0. The molecule has 0 aliphatic rings. The fourth-order valence-corrected chi connectivity index (χ4v) is 2.17. The van der Waals surface area contributed by atoms with Crippen molar-refractivity contribution in [3.05, 3.63) is 35.9 Å². The van der Waals surface area contributed by atoms with E-state index in [4.69, 9.17) is 4.74 Å². The third-order valence-electron chi connectivity index (χ3n) is 3.05. The molecule has 0 aromatic heterocycles. The Morgan fingerprint density at radius 2 is 1.58 bits per heavy atom. The Kier molecular flexibility index (Phi) is 8.51. The number of carbonyl (C=O) groups is 2. The highest BCUT2D eigenvalue weighted by atomic mass is 16.6. The van der Waals surface area contributed by atoms with Crippen LogP contribution < -0.4 is 5.32 Å². The standard InChI is InChI=1S/C17H25NO4.C2H6/c1-16(2,3)22-15(21)18-17(4,5)11-13(14(19)20)12-9-7-6-8-10-12;1-2/h6-10,13H,11H2,1-5H3,(H,18,21)(H,19,20);1-2H3. The number of hydrogen-bond acceptors (Lipinski definition) is 3. The van der Waals surface area contributed by atoms with Crippen LogP contribution in [0.5, 0.6) is 0 Å². The Morgan fingerprint density at radius 3 is 2.00 bits per heavy atom. The quantitative estimate of drug-likeness (QED) is 0.825. The minimum absolute atomic E-state index is 0.269. The van der Waals surface area contributed by atoms with Crippen LogP contribution >= 0.6 is 0 Å². The summed E-state index contributed by atoms with van der Waals surface area (Å²) in [6.07, 6.45) is -0.277. The molecule has 136 valence electrons. The van der Waals surface area contributed by atoms with Crippen LogP contribution in [0.2, 0.25) is 0 Å². The largest absolute Gasteiger partial charge is 0.481 e. The molecule has 1 aromatic rings. The van der Waals surface area contributed by atoms with Crippen LogP contribution in [0, 0.1) is 0 Å².